The lowest BCUT2D eigenvalue weighted by atomic mass is 10.1. The van der Waals surface area contributed by atoms with Gasteiger partial charge in [-0.3, -0.25) is 0 Å². The highest BCUT2D eigenvalue weighted by Gasteiger charge is 2.25. The molecule has 0 bridgehead atoms. The maximum Gasteiger partial charge on any atom is 0.366 e. The smallest absolute Gasteiger partial charge is 0.312 e. The molecule has 4 aromatic carbocycles. The Labute approximate surface area is 156 Å². The first-order valence-electron chi connectivity index (χ1n) is 8.79. The van der Waals surface area contributed by atoms with Gasteiger partial charge in [-0.05, 0) is 28.0 Å². The number of hydrogen-bond donors (Lipinski definition) is 0. The van der Waals surface area contributed by atoms with Gasteiger partial charge in [0.1, 0.15) is 5.71 Å². The second-order valence-electron chi connectivity index (χ2n) is 6.44. The Balaban J connectivity index is 1.55. The molecule has 0 saturated carbocycles. The zero-order chi connectivity index (χ0) is 18.2. The van der Waals surface area contributed by atoms with E-state index >= 15 is 0 Å². The van der Waals surface area contributed by atoms with E-state index in [1.54, 1.807) is 6.07 Å². The van der Waals surface area contributed by atoms with Gasteiger partial charge in [-0.25, -0.2) is 4.79 Å². The standard InChI is InChI=1S/C24H15NO2/c26-24(22-15-7-9-16-8-1-2-10-17(16)22)27-25-23-20-13-5-3-11-18(20)19-12-4-6-14-21(19)23/h1-15H. The Bertz CT molecular complexity index is 1170. The van der Waals surface area contributed by atoms with Gasteiger partial charge in [-0.2, -0.15) is 0 Å². The zero-order valence-electron chi connectivity index (χ0n) is 14.4. The van der Waals surface area contributed by atoms with Crippen LogP contribution in [0.25, 0.3) is 21.9 Å². The summed E-state index contributed by atoms with van der Waals surface area (Å²) in [4.78, 5) is 18.1. The van der Waals surface area contributed by atoms with Gasteiger partial charge in [-0.15, -0.1) is 0 Å². The summed E-state index contributed by atoms with van der Waals surface area (Å²) in [6, 6.07) is 29.4. The summed E-state index contributed by atoms with van der Waals surface area (Å²) in [5, 5.41) is 6.11. The lowest BCUT2D eigenvalue weighted by molar-refractivity contribution is 0.0519. The summed E-state index contributed by atoms with van der Waals surface area (Å²) in [5.41, 5.74) is 5.36. The van der Waals surface area contributed by atoms with E-state index in [0.717, 1.165) is 33.0 Å². The number of benzene rings is 4. The molecule has 0 radical (unpaired) electrons. The Kier molecular flexibility index (Phi) is 3.58. The quantitative estimate of drug-likeness (QED) is 0.315. The molecule has 0 aliphatic heterocycles. The van der Waals surface area contributed by atoms with Crippen molar-refractivity contribution in [1.29, 1.82) is 0 Å². The van der Waals surface area contributed by atoms with E-state index in [4.69, 9.17) is 4.84 Å². The molecule has 27 heavy (non-hydrogen) atoms. The van der Waals surface area contributed by atoms with Crippen molar-refractivity contribution >= 4 is 22.5 Å². The fraction of sp³-hybridized carbons (Fsp3) is 0. The van der Waals surface area contributed by atoms with E-state index in [0.29, 0.717) is 11.3 Å². The Morgan fingerprint density at radius 2 is 1.19 bits per heavy atom. The van der Waals surface area contributed by atoms with E-state index in [1.807, 2.05) is 72.8 Å². The molecule has 3 nitrogen and oxygen atoms in total. The van der Waals surface area contributed by atoms with Crippen molar-refractivity contribution in [3.05, 3.63) is 108 Å². The molecule has 0 unspecified atom stereocenters. The van der Waals surface area contributed by atoms with Gasteiger partial charge in [0.05, 0.1) is 5.56 Å². The molecule has 3 heteroatoms. The van der Waals surface area contributed by atoms with Crippen molar-refractivity contribution in [2.75, 3.05) is 0 Å². The van der Waals surface area contributed by atoms with Crippen LogP contribution in [0.4, 0.5) is 0 Å². The maximum atomic E-state index is 12.7. The molecule has 0 spiro atoms. The molecule has 0 fully saturated rings. The predicted octanol–water partition coefficient (Wildman–Crippen LogP) is 5.43. The minimum Gasteiger partial charge on any atom is -0.312 e. The average molecular weight is 349 g/mol. The zero-order valence-corrected chi connectivity index (χ0v) is 14.4. The molecule has 0 amide bonds. The van der Waals surface area contributed by atoms with Crippen LogP contribution in [-0.4, -0.2) is 11.7 Å². The number of nitrogens with zero attached hydrogens (tertiary/aromatic N) is 1. The van der Waals surface area contributed by atoms with Crippen molar-refractivity contribution in [2.24, 2.45) is 5.16 Å². The number of carbonyl (C=O) groups is 1. The topological polar surface area (TPSA) is 38.7 Å². The number of carbonyl (C=O) groups excluding carboxylic acids is 1. The largest absolute Gasteiger partial charge is 0.366 e. The van der Waals surface area contributed by atoms with Crippen molar-refractivity contribution < 1.29 is 9.63 Å². The maximum absolute atomic E-state index is 12.7. The fourth-order valence-corrected chi connectivity index (χ4v) is 3.63. The van der Waals surface area contributed by atoms with Gasteiger partial charge < -0.3 is 4.84 Å². The highest BCUT2D eigenvalue weighted by molar-refractivity contribution is 6.24. The van der Waals surface area contributed by atoms with Gasteiger partial charge in [0.2, 0.25) is 0 Å². The van der Waals surface area contributed by atoms with Crippen LogP contribution in [0.5, 0.6) is 0 Å². The molecule has 128 valence electrons. The van der Waals surface area contributed by atoms with Crippen LogP contribution in [0, 0.1) is 0 Å². The van der Waals surface area contributed by atoms with E-state index < -0.39 is 5.97 Å². The van der Waals surface area contributed by atoms with Crippen LogP contribution in [0.2, 0.25) is 0 Å². The molecule has 4 aromatic rings. The second-order valence-corrected chi connectivity index (χ2v) is 6.44. The molecule has 1 aliphatic rings. The minimum atomic E-state index is -0.457. The van der Waals surface area contributed by atoms with Gasteiger partial charge in [-0.1, -0.05) is 90.1 Å². The highest BCUT2D eigenvalue weighted by atomic mass is 16.7. The second kappa shape index (κ2) is 6.22. The third kappa shape index (κ3) is 2.52. The molecule has 0 N–H and O–H groups in total. The number of hydrogen-bond acceptors (Lipinski definition) is 3. The van der Waals surface area contributed by atoms with Crippen molar-refractivity contribution in [3.8, 4) is 11.1 Å². The fourth-order valence-electron chi connectivity index (χ4n) is 3.63. The molecule has 0 heterocycles. The number of oxime groups is 1. The van der Waals surface area contributed by atoms with E-state index in [1.165, 1.54) is 0 Å². The number of rotatable bonds is 2. The summed E-state index contributed by atoms with van der Waals surface area (Å²) >= 11 is 0. The van der Waals surface area contributed by atoms with Gasteiger partial charge in [0.25, 0.3) is 0 Å². The van der Waals surface area contributed by atoms with Gasteiger partial charge >= 0.3 is 5.97 Å². The first kappa shape index (κ1) is 15.5. The molecular formula is C24H15NO2. The monoisotopic (exact) mass is 349 g/mol. The van der Waals surface area contributed by atoms with E-state index in [2.05, 4.69) is 17.3 Å². The molecule has 0 saturated heterocycles. The van der Waals surface area contributed by atoms with Gasteiger partial charge in [0, 0.05) is 11.1 Å². The highest BCUT2D eigenvalue weighted by Crippen LogP contribution is 2.36. The normalized spacial score (nSPS) is 11.8. The van der Waals surface area contributed by atoms with E-state index in [-0.39, 0.29) is 0 Å². The Morgan fingerprint density at radius 1 is 0.630 bits per heavy atom. The van der Waals surface area contributed by atoms with Crippen LogP contribution in [0.3, 0.4) is 0 Å². The summed E-state index contributed by atoms with van der Waals surface area (Å²) < 4.78 is 0. The molecular weight excluding hydrogens is 334 g/mol. The van der Waals surface area contributed by atoms with Crippen LogP contribution >= 0.6 is 0 Å². The summed E-state index contributed by atoms with van der Waals surface area (Å²) in [6.45, 7) is 0. The van der Waals surface area contributed by atoms with E-state index in [9.17, 15) is 4.79 Å². The lowest BCUT2D eigenvalue weighted by Crippen LogP contribution is -2.06. The van der Waals surface area contributed by atoms with Crippen molar-refractivity contribution in [1.82, 2.24) is 0 Å². The molecule has 5 rings (SSSR count). The summed E-state index contributed by atoms with van der Waals surface area (Å²) in [5.74, 6) is -0.457. The first-order valence-corrected chi connectivity index (χ1v) is 8.79. The third-order valence-corrected chi connectivity index (χ3v) is 4.88. The third-order valence-electron chi connectivity index (χ3n) is 4.88. The van der Waals surface area contributed by atoms with Crippen LogP contribution in [0.1, 0.15) is 21.5 Å². The van der Waals surface area contributed by atoms with Crippen molar-refractivity contribution in [2.45, 2.75) is 0 Å². The van der Waals surface area contributed by atoms with Crippen LogP contribution in [-0.2, 0) is 4.84 Å². The molecule has 0 aromatic heterocycles. The molecule has 1 aliphatic carbocycles. The van der Waals surface area contributed by atoms with Crippen LogP contribution in [0.15, 0.2) is 96.2 Å². The summed E-state index contributed by atoms with van der Waals surface area (Å²) in [7, 11) is 0. The summed E-state index contributed by atoms with van der Waals surface area (Å²) in [6.07, 6.45) is 0. The SMILES string of the molecule is O=C(ON=C1c2ccccc2-c2ccccc21)c1cccc2ccccc12. The average Bonchev–Trinajstić information content (AvgIpc) is 3.05. The number of fused-ring (bicyclic) bond motifs is 4. The van der Waals surface area contributed by atoms with Crippen LogP contribution < -0.4 is 0 Å². The Morgan fingerprint density at radius 3 is 1.89 bits per heavy atom. The predicted molar refractivity (Wildman–Crippen MR) is 107 cm³/mol. The molecule has 0 atom stereocenters. The van der Waals surface area contributed by atoms with Gasteiger partial charge in [0.15, 0.2) is 0 Å². The van der Waals surface area contributed by atoms with Crippen molar-refractivity contribution in [3.63, 3.8) is 0 Å². The Hall–Kier alpha value is -3.72. The first-order chi connectivity index (χ1) is 13.3. The minimum absolute atomic E-state index is 0.457. The lowest BCUT2D eigenvalue weighted by Gasteiger charge is -2.05.